The molecular weight excluding hydrogens is 628 g/mol. The van der Waals surface area contributed by atoms with E-state index in [9.17, 15) is 16.8 Å². The van der Waals surface area contributed by atoms with E-state index in [-0.39, 0.29) is 10.9 Å². The Balaban J connectivity index is 0.000000189. The van der Waals surface area contributed by atoms with Crippen LogP contribution in [-0.4, -0.2) is 44.0 Å². The maximum Gasteiger partial charge on any atom is 0.264 e. The molecule has 0 radical (unpaired) electrons. The third kappa shape index (κ3) is 6.62. The van der Waals surface area contributed by atoms with E-state index in [1.807, 2.05) is 88.4 Å². The van der Waals surface area contributed by atoms with E-state index >= 15 is 0 Å². The first-order valence-electron chi connectivity index (χ1n) is 14.8. The van der Waals surface area contributed by atoms with Crippen molar-refractivity contribution in [3.8, 4) is 0 Å². The Kier molecular flexibility index (Phi) is 10.7. The molecule has 0 fully saturated rings. The van der Waals surface area contributed by atoms with Gasteiger partial charge < -0.3 is 11.1 Å². The van der Waals surface area contributed by atoms with Crippen LogP contribution >= 0.6 is 11.6 Å². The fraction of sp³-hybridized carbons (Fsp3) is 0.294. The maximum atomic E-state index is 13.0. The summed E-state index contributed by atoms with van der Waals surface area (Å²) in [6.45, 7) is 9.23. The van der Waals surface area contributed by atoms with Gasteiger partial charge in [-0.3, -0.25) is 8.61 Å². The Morgan fingerprint density at radius 3 is 1.62 bits per heavy atom. The molecule has 2 heterocycles. The molecule has 0 spiro atoms. The van der Waals surface area contributed by atoms with Gasteiger partial charge in [0.2, 0.25) is 0 Å². The van der Waals surface area contributed by atoms with Crippen molar-refractivity contribution in [1.29, 1.82) is 0 Å². The Morgan fingerprint density at radius 2 is 1.11 bits per heavy atom. The fourth-order valence-electron chi connectivity index (χ4n) is 5.50. The number of halogens is 1. The highest BCUT2D eigenvalue weighted by atomic mass is 35.5. The molecule has 2 aliphatic heterocycles. The van der Waals surface area contributed by atoms with Crippen molar-refractivity contribution in [3.05, 3.63) is 118 Å². The molecule has 2 aliphatic rings. The topological polar surface area (TPSA) is 113 Å². The van der Waals surface area contributed by atoms with Crippen molar-refractivity contribution in [2.45, 2.75) is 48.9 Å². The minimum atomic E-state index is -3.58. The van der Waals surface area contributed by atoms with Gasteiger partial charge in [-0.15, -0.1) is 11.6 Å². The molecule has 45 heavy (non-hydrogen) atoms. The molecule has 8 nitrogen and oxygen atoms in total. The Hall–Kier alpha value is -3.41. The third-order valence-corrected chi connectivity index (χ3v) is 11.9. The van der Waals surface area contributed by atoms with Crippen LogP contribution < -0.4 is 19.7 Å². The molecule has 4 aromatic rings. The zero-order valence-corrected chi connectivity index (χ0v) is 28.8. The number of benzene rings is 4. The Morgan fingerprint density at radius 1 is 0.689 bits per heavy atom. The molecule has 0 aliphatic carbocycles. The zero-order valence-electron chi connectivity index (χ0n) is 26.5. The van der Waals surface area contributed by atoms with E-state index in [0.717, 1.165) is 46.6 Å². The zero-order chi connectivity index (χ0) is 33.1. The maximum absolute atomic E-state index is 13.0. The van der Waals surface area contributed by atoms with Crippen LogP contribution in [0, 0.1) is 13.8 Å². The molecule has 4 aromatic carbocycles. The van der Waals surface area contributed by atoms with Crippen LogP contribution in [-0.2, 0) is 20.0 Å². The lowest BCUT2D eigenvalue weighted by atomic mass is 9.96. The number of hydrogen-bond acceptors (Lipinski definition) is 6. The first-order valence-corrected chi connectivity index (χ1v) is 18.1. The molecular formula is C34H41ClN4O4S2. The molecule has 3 N–H and O–H groups in total. The van der Waals surface area contributed by atoms with Crippen molar-refractivity contribution >= 4 is 43.0 Å². The van der Waals surface area contributed by atoms with Gasteiger partial charge in [0.15, 0.2) is 0 Å². The van der Waals surface area contributed by atoms with Crippen LogP contribution in [0.15, 0.2) is 94.7 Å². The fourth-order valence-corrected chi connectivity index (χ4v) is 9.02. The van der Waals surface area contributed by atoms with Crippen LogP contribution in [0.2, 0.25) is 0 Å². The Bertz CT molecular complexity index is 1900. The van der Waals surface area contributed by atoms with Gasteiger partial charge in [-0.05, 0) is 84.6 Å². The van der Waals surface area contributed by atoms with Crippen molar-refractivity contribution < 1.29 is 16.8 Å². The number of aryl methyl sites for hydroxylation is 2. The molecule has 0 saturated carbocycles. The first-order chi connectivity index (χ1) is 21.3. The predicted molar refractivity (Wildman–Crippen MR) is 184 cm³/mol. The molecule has 2 unspecified atom stereocenters. The van der Waals surface area contributed by atoms with Gasteiger partial charge in [-0.2, -0.15) is 0 Å². The lowest BCUT2D eigenvalue weighted by Crippen LogP contribution is -2.26. The first kappa shape index (κ1) is 34.5. The second kappa shape index (κ2) is 13.9. The van der Waals surface area contributed by atoms with E-state index in [1.165, 1.54) is 8.61 Å². The van der Waals surface area contributed by atoms with Gasteiger partial charge in [0.25, 0.3) is 20.0 Å². The highest BCUT2D eigenvalue weighted by Gasteiger charge is 2.35. The number of para-hydroxylation sites is 2. The largest absolute Gasteiger partial charge is 0.331 e. The highest BCUT2D eigenvalue weighted by Crippen LogP contribution is 2.43. The van der Waals surface area contributed by atoms with E-state index in [2.05, 4.69) is 5.32 Å². The number of alkyl halides is 1. The van der Waals surface area contributed by atoms with Gasteiger partial charge in [0.1, 0.15) is 0 Å². The second-order valence-electron chi connectivity index (χ2n) is 10.9. The number of nitrogens with one attached hydrogen (secondary N) is 1. The van der Waals surface area contributed by atoms with Crippen LogP contribution in [0.4, 0.5) is 11.4 Å². The molecule has 0 saturated heterocycles. The van der Waals surface area contributed by atoms with Crippen LogP contribution in [0.1, 0.15) is 58.6 Å². The van der Waals surface area contributed by atoms with E-state index in [0.29, 0.717) is 16.1 Å². The molecule has 240 valence electrons. The minimum Gasteiger partial charge on any atom is -0.331 e. The normalized spacial score (nSPS) is 18.7. The van der Waals surface area contributed by atoms with Crippen molar-refractivity contribution in [3.63, 3.8) is 0 Å². The van der Waals surface area contributed by atoms with Gasteiger partial charge in [-0.1, -0.05) is 74.5 Å². The average Bonchev–Trinajstić information content (AvgIpc) is 3.13. The van der Waals surface area contributed by atoms with E-state index in [1.54, 1.807) is 38.4 Å². The smallest absolute Gasteiger partial charge is 0.264 e. The summed E-state index contributed by atoms with van der Waals surface area (Å²) >= 11 is 6.54. The lowest BCUT2D eigenvalue weighted by molar-refractivity contribution is 0.589. The molecule has 0 amide bonds. The number of anilines is 2. The van der Waals surface area contributed by atoms with E-state index < -0.39 is 25.4 Å². The standard InChI is InChI=1S/C17H20N2O2S.C15H14ClNO2S.C2H7N/c1-4-18-17-13-7-5-6-8-15(13)19(3)22(20,21)16-11-12(2)9-10-14(16)17;1-10-7-8-12-14(9-10)20(18,19)17(2)13-6-4-3-5-11(13)15(12)16;1-2-3/h5-11,17-18H,4H2,1-3H3;3-9,15H,1-2H3;2-3H2,1H3. The monoisotopic (exact) mass is 668 g/mol. The summed E-state index contributed by atoms with van der Waals surface area (Å²) in [5.41, 5.74) is 11.3. The molecule has 0 aromatic heterocycles. The molecule has 11 heteroatoms. The average molecular weight is 669 g/mol. The quantitative estimate of drug-likeness (QED) is 0.244. The van der Waals surface area contributed by atoms with Gasteiger partial charge in [0, 0.05) is 14.1 Å². The number of nitrogens with two attached hydrogens (primary N) is 1. The number of hydrogen-bond donors (Lipinski definition) is 2. The number of fused-ring (bicyclic) bond motifs is 4. The molecule has 0 bridgehead atoms. The van der Waals surface area contributed by atoms with Gasteiger partial charge in [0.05, 0.1) is 32.6 Å². The van der Waals surface area contributed by atoms with Crippen LogP contribution in [0.5, 0.6) is 0 Å². The SMILES string of the molecule is CCN.CCNC1c2ccccc2N(C)S(=O)(=O)c2cc(C)ccc21.Cc1ccc2c(c1)S(=O)(=O)N(C)c1ccccc1C2Cl. The lowest BCUT2D eigenvalue weighted by Gasteiger charge is -2.21. The number of sulfonamides is 2. The Labute approximate surface area is 272 Å². The summed E-state index contributed by atoms with van der Waals surface area (Å²) in [4.78, 5) is 0.674. The molecule has 2 atom stereocenters. The minimum absolute atomic E-state index is 0.128. The number of rotatable bonds is 2. The summed E-state index contributed by atoms with van der Waals surface area (Å²) < 4.78 is 54.2. The van der Waals surface area contributed by atoms with Gasteiger partial charge in [-0.25, -0.2) is 16.8 Å². The summed E-state index contributed by atoms with van der Waals surface area (Å²) in [6.07, 6.45) is 0. The van der Waals surface area contributed by atoms with Crippen molar-refractivity contribution in [2.75, 3.05) is 35.8 Å². The van der Waals surface area contributed by atoms with Crippen molar-refractivity contribution in [2.24, 2.45) is 5.73 Å². The summed E-state index contributed by atoms with van der Waals surface area (Å²) in [5.74, 6) is 0. The number of nitrogens with zero attached hydrogens (tertiary/aromatic N) is 2. The summed E-state index contributed by atoms with van der Waals surface area (Å²) in [5, 5.41) is 2.95. The van der Waals surface area contributed by atoms with E-state index in [4.69, 9.17) is 17.3 Å². The molecule has 6 rings (SSSR count). The second-order valence-corrected chi connectivity index (χ2v) is 15.2. The summed E-state index contributed by atoms with van der Waals surface area (Å²) in [7, 11) is -3.94. The van der Waals surface area contributed by atoms with Crippen LogP contribution in [0.25, 0.3) is 0 Å². The van der Waals surface area contributed by atoms with Crippen molar-refractivity contribution in [1.82, 2.24) is 5.32 Å². The highest BCUT2D eigenvalue weighted by molar-refractivity contribution is 7.93. The third-order valence-electron chi connectivity index (χ3n) is 7.74. The van der Waals surface area contributed by atoms with Gasteiger partial charge >= 0.3 is 0 Å². The van der Waals surface area contributed by atoms with Crippen LogP contribution in [0.3, 0.4) is 0 Å². The predicted octanol–water partition coefficient (Wildman–Crippen LogP) is 6.26. The summed E-state index contributed by atoms with van der Waals surface area (Å²) in [6, 6.07) is 25.9.